The van der Waals surface area contributed by atoms with Crippen LogP contribution in [-0.2, 0) is 0 Å². The molecule has 0 bridgehead atoms. The lowest BCUT2D eigenvalue weighted by Gasteiger charge is -2.38. The van der Waals surface area contributed by atoms with Crippen molar-refractivity contribution < 1.29 is 0 Å². The van der Waals surface area contributed by atoms with Gasteiger partial charge in [0.1, 0.15) is 19.5 Å². The van der Waals surface area contributed by atoms with Gasteiger partial charge in [-0.15, -0.1) is 16.9 Å². The van der Waals surface area contributed by atoms with E-state index in [1.165, 1.54) is 0 Å². The van der Waals surface area contributed by atoms with Gasteiger partial charge in [0, 0.05) is 0 Å². The molecule has 0 unspecified atom stereocenters. The number of hydrogen-bond acceptors (Lipinski definition) is 3. The smallest absolute Gasteiger partial charge is 0.146 e. The third-order valence-electron chi connectivity index (χ3n) is 5.64. The van der Waals surface area contributed by atoms with Crippen LogP contribution in [0, 0.1) is 11.5 Å². The molecule has 3 aromatic rings. The number of rotatable bonds is 4. The summed E-state index contributed by atoms with van der Waals surface area (Å²) in [5.74, 6) is 3.53. The zero-order chi connectivity index (χ0) is 20.5. The van der Waals surface area contributed by atoms with Crippen molar-refractivity contribution in [1.82, 2.24) is 9.97 Å². The topological polar surface area (TPSA) is 25.8 Å². The number of hydrogen-bond donors (Lipinski definition) is 0. The van der Waals surface area contributed by atoms with Crippen LogP contribution in [0.1, 0.15) is 47.2 Å². The highest BCUT2D eigenvalue weighted by Crippen LogP contribution is 2.41. The summed E-state index contributed by atoms with van der Waals surface area (Å²) < 4.78 is 1.09. The van der Waals surface area contributed by atoms with E-state index in [1.54, 1.807) is 11.3 Å². The first-order valence-electron chi connectivity index (χ1n) is 9.81. The molecule has 0 spiro atoms. The molecule has 0 aliphatic heterocycles. The molecule has 0 N–H and O–H groups in total. The number of fused-ring (bicyclic) bond motifs is 1. The molecule has 0 saturated carbocycles. The van der Waals surface area contributed by atoms with Crippen LogP contribution in [0.5, 0.6) is 0 Å². The van der Waals surface area contributed by atoms with E-state index in [4.69, 9.17) is 9.97 Å². The Morgan fingerprint density at radius 3 is 1.93 bits per heavy atom. The van der Waals surface area contributed by atoms with Crippen molar-refractivity contribution in [1.29, 1.82) is 0 Å². The Bertz CT molecular complexity index is 1020. The molecular formula is C23H27BrN2SSi. The highest BCUT2D eigenvalue weighted by molar-refractivity contribution is 9.11. The lowest BCUT2D eigenvalue weighted by Crippen LogP contribution is -2.43. The van der Waals surface area contributed by atoms with Gasteiger partial charge in [0.2, 0.25) is 0 Å². The molecule has 3 rings (SSSR count). The summed E-state index contributed by atoms with van der Waals surface area (Å²) in [5.41, 5.74) is 9.08. The minimum atomic E-state index is -1.83. The van der Waals surface area contributed by atoms with Crippen LogP contribution < -0.4 is 0 Å². The second-order valence-electron chi connectivity index (χ2n) is 8.16. The number of para-hydroxylation sites is 2. The van der Waals surface area contributed by atoms with Crippen LogP contribution in [-0.4, -0.2) is 18.0 Å². The van der Waals surface area contributed by atoms with Crippen molar-refractivity contribution >= 4 is 46.4 Å². The maximum atomic E-state index is 4.93. The third-order valence-corrected chi connectivity index (χ3v) is 13.6. The van der Waals surface area contributed by atoms with Gasteiger partial charge >= 0.3 is 0 Å². The second kappa shape index (κ2) is 8.48. The average molecular weight is 472 g/mol. The number of halogens is 1. The van der Waals surface area contributed by atoms with Gasteiger partial charge in [-0.2, -0.15) is 0 Å². The van der Waals surface area contributed by atoms with Gasteiger partial charge < -0.3 is 0 Å². The quantitative estimate of drug-likeness (QED) is 0.288. The fourth-order valence-electron chi connectivity index (χ4n) is 4.30. The van der Waals surface area contributed by atoms with E-state index in [9.17, 15) is 0 Å². The molecule has 2 nitrogen and oxygen atoms in total. The summed E-state index contributed by atoms with van der Waals surface area (Å²) in [5, 5.41) is 0. The zero-order valence-corrected chi connectivity index (χ0v) is 20.8. The Labute approximate surface area is 182 Å². The number of aromatic nitrogens is 2. The van der Waals surface area contributed by atoms with Crippen LogP contribution in [0.25, 0.3) is 21.6 Å². The van der Waals surface area contributed by atoms with Crippen molar-refractivity contribution in [3.8, 4) is 22.0 Å². The van der Waals surface area contributed by atoms with Gasteiger partial charge in [-0.05, 0) is 56.8 Å². The van der Waals surface area contributed by atoms with Crippen molar-refractivity contribution in [2.45, 2.75) is 58.2 Å². The third kappa shape index (κ3) is 3.96. The SMILES string of the molecule is CC(C)[Si](C#Cc1nc2ccccc2nc1-c1ccc(Br)s1)(C(C)C)C(C)C. The van der Waals surface area contributed by atoms with Crippen molar-refractivity contribution in [2.24, 2.45) is 0 Å². The molecule has 0 radical (unpaired) electrons. The Balaban J connectivity index is 2.24. The number of thiophene rings is 1. The standard InChI is InChI=1S/C23H27BrN2SSi/c1-15(2)28(16(3)4,17(5)6)14-13-20-23(21-11-12-22(24)27-21)26-19-10-8-7-9-18(19)25-20/h7-12,15-17H,1-6H3. The van der Waals surface area contributed by atoms with E-state index >= 15 is 0 Å². The lowest BCUT2D eigenvalue weighted by atomic mass is 10.2. The zero-order valence-electron chi connectivity index (χ0n) is 17.4. The summed E-state index contributed by atoms with van der Waals surface area (Å²) in [6.07, 6.45) is 0. The summed E-state index contributed by atoms with van der Waals surface area (Å²) in [4.78, 5) is 11.0. The van der Waals surface area contributed by atoms with Gasteiger partial charge in [-0.1, -0.05) is 59.6 Å². The second-order valence-corrected chi connectivity index (χ2v) is 16.2. The lowest BCUT2D eigenvalue weighted by molar-refractivity contribution is 0.838. The van der Waals surface area contributed by atoms with E-state index in [0.29, 0.717) is 16.6 Å². The van der Waals surface area contributed by atoms with E-state index in [-0.39, 0.29) is 0 Å². The van der Waals surface area contributed by atoms with E-state index < -0.39 is 8.07 Å². The first-order valence-corrected chi connectivity index (χ1v) is 13.7. The van der Waals surface area contributed by atoms with Crippen LogP contribution in [0.2, 0.25) is 16.6 Å². The van der Waals surface area contributed by atoms with Crippen molar-refractivity contribution in [2.75, 3.05) is 0 Å². The molecule has 0 fully saturated rings. The molecular weight excluding hydrogens is 444 g/mol. The van der Waals surface area contributed by atoms with Gasteiger partial charge in [0.05, 0.1) is 19.7 Å². The maximum absolute atomic E-state index is 4.93. The molecule has 2 heterocycles. The number of nitrogens with zero attached hydrogens (tertiary/aromatic N) is 2. The normalized spacial score (nSPS) is 12.1. The van der Waals surface area contributed by atoms with Crippen LogP contribution >= 0.6 is 27.3 Å². The predicted molar refractivity (Wildman–Crippen MR) is 128 cm³/mol. The largest absolute Gasteiger partial charge is 0.242 e. The molecule has 1 aromatic carbocycles. The highest BCUT2D eigenvalue weighted by Gasteiger charge is 2.41. The number of benzene rings is 1. The molecule has 0 aliphatic carbocycles. The summed E-state index contributed by atoms with van der Waals surface area (Å²) >= 11 is 5.25. The molecule has 5 heteroatoms. The monoisotopic (exact) mass is 470 g/mol. The van der Waals surface area contributed by atoms with E-state index in [1.807, 2.05) is 24.3 Å². The molecule has 0 saturated heterocycles. The molecule has 28 heavy (non-hydrogen) atoms. The Morgan fingerprint density at radius 1 is 0.857 bits per heavy atom. The van der Waals surface area contributed by atoms with Crippen LogP contribution in [0.3, 0.4) is 0 Å². The van der Waals surface area contributed by atoms with Gasteiger partial charge in [-0.3, -0.25) is 0 Å². The van der Waals surface area contributed by atoms with Crippen LogP contribution in [0.15, 0.2) is 40.2 Å². The Kier molecular flexibility index (Phi) is 6.43. The molecule has 0 amide bonds. The fourth-order valence-corrected chi connectivity index (χ4v) is 10.9. The minimum Gasteiger partial charge on any atom is -0.242 e. The Morgan fingerprint density at radius 2 is 1.43 bits per heavy atom. The van der Waals surface area contributed by atoms with Gasteiger partial charge in [-0.25, -0.2) is 9.97 Å². The predicted octanol–water partition coefficient (Wildman–Crippen LogP) is 7.69. The fraction of sp³-hybridized carbons (Fsp3) is 0.391. The van der Waals surface area contributed by atoms with Crippen LogP contribution in [0.4, 0.5) is 0 Å². The summed E-state index contributed by atoms with van der Waals surface area (Å²) in [7, 11) is -1.83. The molecule has 0 aliphatic rings. The van der Waals surface area contributed by atoms with E-state index in [0.717, 1.165) is 31.1 Å². The first kappa shape index (κ1) is 21.2. The Hall–Kier alpha value is -1.48. The summed E-state index contributed by atoms with van der Waals surface area (Å²) in [6.45, 7) is 14.0. The van der Waals surface area contributed by atoms with Gasteiger partial charge in [0.25, 0.3) is 0 Å². The summed E-state index contributed by atoms with van der Waals surface area (Å²) in [6, 6.07) is 12.2. The van der Waals surface area contributed by atoms with E-state index in [2.05, 4.69) is 81.1 Å². The van der Waals surface area contributed by atoms with Gasteiger partial charge in [0.15, 0.2) is 0 Å². The first-order chi connectivity index (χ1) is 13.3. The average Bonchev–Trinajstić information content (AvgIpc) is 3.06. The molecule has 0 atom stereocenters. The highest BCUT2D eigenvalue weighted by atomic mass is 79.9. The van der Waals surface area contributed by atoms with Crippen molar-refractivity contribution in [3.63, 3.8) is 0 Å². The van der Waals surface area contributed by atoms with Crippen molar-refractivity contribution in [3.05, 3.63) is 45.9 Å². The molecule has 146 valence electrons. The minimum absolute atomic E-state index is 0.591. The molecule has 2 aromatic heterocycles. The maximum Gasteiger partial charge on any atom is 0.146 e.